The summed E-state index contributed by atoms with van der Waals surface area (Å²) in [7, 11) is 2.03. The maximum atomic E-state index is 2.27. The predicted molar refractivity (Wildman–Crippen MR) is 98.0 cm³/mol. The van der Waals surface area contributed by atoms with Gasteiger partial charge in [-0.25, -0.2) is 4.57 Å². The molecule has 0 amide bonds. The number of aryl methyl sites for hydroxylation is 1. The van der Waals surface area contributed by atoms with E-state index in [2.05, 4.69) is 91.3 Å². The van der Waals surface area contributed by atoms with Crippen LogP contribution >= 0.6 is 0 Å². The molecule has 0 unspecified atom stereocenters. The number of hydrogen-bond acceptors (Lipinski definition) is 0. The van der Waals surface area contributed by atoms with Crippen LogP contribution in [0.5, 0.6) is 0 Å². The third-order valence-corrected chi connectivity index (χ3v) is 4.26. The lowest BCUT2D eigenvalue weighted by Crippen LogP contribution is -3.00. The lowest BCUT2D eigenvalue weighted by Gasteiger charge is -2.08. The zero-order chi connectivity index (χ0) is 15.6. The number of halogens is 1. The van der Waals surface area contributed by atoms with Gasteiger partial charge < -0.3 is 24.0 Å². The molecule has 4 aromatic rings. The number of aromatic nitrogens is 1. The maximum Gasteiger partial charge on any atom is 0.169 e. The molecule has 118 valence electrons. The van der Waals surface area contributed by atoms with Crippen LogP contribution in [0.3, 0.4) is 0 Å². The number of benzene rings is 3. The fourth-order valence-electron chi connectivity index (χ4n) is 3.03. The SMILES string of the molecule is C[n+]1ccc(/C=C/c2c3ccccc3cc3ccccc23)cc1.[I-]. The quantitative estimate of drug-likeness (QED) is 0.264. The van der Waals surface area contributed by atoms with Crippen LogP contribution < -0.4 is 28.5 Å². The van der Waals surface area contributed by atoms with E-state index in [1.165, 1.54) is 32.7 Å². The first-order valence-electron chi connectivity index (χ1n) is 7.85. The van der Waals surface area contributed by atoms with Crippen molar-refractivity contribution in [2.75, 3.05) is 0 Å². The van der Waals surface area contributed by atoms with Gasteiger partial charge in [0, 0.05) is 12.1 Å². The molecule has 0 saturated heterocycles. The van der Waals surface area contributed by atoms with Crippen molar-refractivity contribution in [1.82, 2.24) is 0 Å². The van der Waals surface area contributed by atoms with E-state index in [-0.39, 0.29) is 24.0 Å². The van der Waals surface area contributed by atoms with Gasteiger partial charge in [0.25, 0.3) is 0 Å². The summed E-state index contributed by atoms with van der Waals surface area (Å²) >= 11 is 0. The largest absolute Gasteiger partial charge is 1.00 e. The van der Waals surface area contributed by atoms with Gasteiger partial charge in [0.05, 0.1) is 0 Å². The Hall–Kier alpha value is -2.20. The molecule has 0 spiro atoms. The molecule has 1 nitrogen and oxygen atoms in total. The highest BCUT2D eigenvalue weighted by atomic mass is 127. The average Bonchev–Trinajstić information content (AvgIpc) is 2.60. The van der Waals surface area contributed by atoms with Crippen molar-refractivity contribution in [3.8, 4) is 0 Å². The highest BCUT2D eigenvalue weighted by Gasteiger charge is 2.04. The number of fused-ring (bicyclic) bond motifs is 2. The topological polar surface area (TPSA) is 3.88 Å². The molecule has 4 rings (SSSR count). The Morgan fingerprint density at radius 3 is 1.83 bits per heavy atom. The second-order valence-corrected chi connectivity index (χ2v) is 5.86. The molecule has 0 N–H and O–H groups in total. The first-order chi connectivity index (χ1) is 11.3. The highest BCUT2D eigenvalue weighted by molar-refractivity contribution is 6.07. The minimum Gasteiger partial charge on any atom is -1.00 e. The molecule has 0 fully saturated rings. The fraction of sp³-hybridized carbons (Fsp3) is 0.0455. The highest BCUT2D eigenvalue weighted by Crippen LogP contribution is 2.29. The minimum absolute atomic E-state index is 0. The Kier molecular flexibility index (Phi) is 4.95. The Bertz CT molecular complexity index is 963. The Morgan fingerprint density at radius 1 is 0.708 bits per heavy atom. The van der Waals surface area contributed by atoms with E-state index in [1.807, 2.05) is 11.6 Å². The molecular formula is C22H18IN. The van der Waals surface area contributed by atoms with Crippen LogP contribution in [-0.4, -0.2) is 0 Å². The normalized spacial score (nSPS) is 11.0. The molecule has 0 atom stereocenters. The predicted octanol–water partition coefficient (Wildman–Crippen LogP) is 1.99. The van der Waals surface area contributed by atoms with Gasteiger partial charge in [-0.05, 0) is 38.7 Å². The lowest BCUT2D eigenvalue weighted by atomic mass is 9.96. The Labute approximate surface area is 159 Å². The number of nitrogens with zero attached hydrogens (tertiary/aromatic N) is 1. The second-order valence-electron chi connectivity index (χ2n) is 5.86. The van der Waals surface area contributed by atoms with Crippen LogP contribution in [0.25, 0.3) is 33.7 Å². The molecule has 3 aromatic carbocycles. The summed E-state index contributed by atoms with van der Waals surface area (Å²) in [5.74, 6) is 0. The van der Waals surface area contributed by atoms with Gasteiger partial charge >= 0.3 is 0 Å². The van der Waals surface area contributed by atoms with E-state index < -0.39 is 0 Å². The molecule has 1 heterocycles. The van der Waals surface area contributed by atoms with Crippen LogP contribution in [0, 0.1) is 0 Å². The maximum absolute atomic E-state index is 2.27. The monoisotopic (exact) mass is 423 g/mol. The summed E-state index contributed by atoms with van der Waals surface area (Å²) in [5, 5.41) is 5.16. The Morgan fingerprint density at radius 2 is 1.25 bits per heavy atom. The standard InChI is InChI=1S/C22H18N.HI/c1-23-14-12-17(13-15-23)10-11-22-20-8-4-2-6-18(20)16-19-7-3-5-9-21(19)22;/h2-16H,1H3;1H/q+1;/p-1/b11-10+;. The van der Waals surface area contributed by atoms with Gasteiger partial charge in [0.2, 0.25) is 0 Å². The molecule has 0 aliphatic carbocycles. The summed E-state index contributed by atoms with van der Waals surface area (Å²) in [6, 6.07) is 23.7. The summed E-state index contributed by atoms with van der Waals surface area (Å²) in [4.78, 5) is 0. The third kappa shape index (κ3) is 3.20. The minimum atomic E-state index is 0. The second kappa shape index (κ2) is 7.14. The van der Waals surface area contributed by atoms with Gasteiger partial charge in [-0.3, -0.25) is 0 Å². The van der Waals surface area contributed by atoms with Crippen molar-refractivity contribution in [3.63, 3.8) is 0 Å². The van der Waals surface area contributed by atoms with Crippen molar-refractivity contribution in [2.24, 2.45) is 7.05 Å². The molecule has 0 saturated carbocycles. The average molecular weight is 423 g/mol. The van der Waals surface area contributed by atoms with E-state index in [0.29, 0.717) is 0 Å². The van der Waals surface area contributed by atoms with E-state index >= 15 is 0 Å². The molecule has 1 aromatic heterocycles. The van der Waals surface area contributed by atoms with Crippen molar-refractivity contribution in [2.45, 2.75) is 0 Å². The van der Waals surface area contributed by atoms with Gasteiger partial charge in [0.15, 0.2) is 12.4 Å². The van der Waals surface area contributed by atoms with E-state index in [1.54, 1.807) is 0 Å². The molecule has 0 aliphatic heterocycles. The van der Waals surface area contributed by atoms with Crippen LogP contribution in [-0.2, 0) is 7.05 Å². The zero-order valence-corrected chi connectivity index (χ0v) is 15.6. The molecule has 2 heteroatoms. The van der Waals surface area contributed by atoms with Crippen molar-refractivity contribution in [1.29, 1.82) is 0 Å². The van der Waals surface area contributed by atoms with Crippen molar-refractivity contribution in [3.05, 3.63) is 90.3 Å². The van der Waals surface area contributed by atoms with Crippen LogP contribution in [0.1, 0.15) is 11.1 Å². The first-order valence-corrected chi connectivity index (χ1v) is 7.85. The van der Waals surface area contributed by atoms with Gasteiger partial charge in [0.1, 0.15) is 7.05 Å². The zero-order valence-electron chi connectivity index (χ0n) is 13.5. The number of pyridine rings is 1. The van der Waals surface area contributed by atoms with Gasteiger partial charge in [-0.2, -0.15) is 0 Å². The summed E-state index contributed by atoms with van der Waals surface area (Å²) < 4.78 is 2.05. The van der Waals surface area contributed by atoms with Gasteiger partial charge in [-0.15, -0.1) is 0 Å². The fourth-order valence-corrected chi connectivity index (χ4v) is 3.03. The van der Waals surface area contributed by atoms with Gasteiger partial charge in [-0.1, -0.05) is 60.7 Å². The summed E-state index contributed by atoms with van der Waals surface area (Å²) in [5.41, 5.74) is 2.49. The molecular weight excluding hydrogens is 405 g/mol. The molecule has 0 bridgehead atoms. The first kappa shape index (κ1) is 16.7. The van der Waals surface area contributed by atoms with Crippen LogP contribution in [0.2, 0.25) is 0 Å². The molecule has 24 heavy (non-hydrogen) atoms. The van der Waals surface area contributed by atoms with Crippen LogP contribution in [0.4, 0.5) is 0 Å². The van der Waals surface area contributed by atoms with E-state index in [9.17, 15) is 0 Å². The van der Waals surface area contributed by atoms with E-state index in [4.69, 9.17) is 0 Å². The number of rotatable bonds is 2. The van der Waals surface area contributed by atoms with Crippen molar-refractivity contribution >= 4 is 33.7 Å². The smallest absolute Gasteiger partial charge is 0.169 e. The molecule has 0 aliphatic rings. The van der Waals surface area contributed by atoms with Crippen LogP contribution in [0.15, 0.2) is 79.1 Å². The van der Waals surface area contributed by atoms with Crippen molar-refractivity contribution < 1.29 is 28.5 Å². The molecule has 0 radical (unpaired) electrons. The summed E-state index contributed by atoms with van der Waals surface area (Å²) in [6.45, 7) is 0. The number of hydrogen-bond donors (Lipinski definition) is 0. The van der Waals surface area contributed by atoms with E-state index in [0.717, 1.165) is 0 Å². The Balaban J connectivity index is 0.00000169. The third-order valence-electron chi connectivity index (χ3n) is 4.26. The lowest BCUT2D eigenvalue weighted by molar-refractivity contribution is -0.671. The summed E-state index contributed by atoms with van der Waals surface area (Å²) in [6.07, 6.45) is 8.57.